The molecule has 84 valence electrons. The molecule has 0 aliphatic heterocycles. The summed E-state index contributed by atoms with van der Waals surface area (Å²) < 4.78 is 0.889. The van der Waals surface area contributed by atoms with E-state index in [-0.39, 0.29) is 0 Å². The van der Waals surface area contributed by atoms with Gasteiger partial charge in [-0.25, -0.2) is 9.97 Å². The second-order valence-corrected chi connectivity index (χ2v) is 4.45. The van der Waals surface area contributed by atoms with Gasteiger partial charge in [0, 0.05) is 10.7 Å². The Morgan fingerprint density at radius 2 is 2.18 bits per heavy atom. The number of hydrogen-bond donors (Lipinski definition) is 1. The summed E-state index contributed by atoms with van der Waals surface area (Å²) in [6.45, 7) is 0. The fourth-order valence-corrected chi connectivity index (χ4v) is 1.91. The van der Waals surface area contributed by atoms with E-state index in [1.807, 2.05) is 12.1 Å². The van der Waals surface area contributed by atoms with Gasteiger partial charge in [-0.1, -0.05) is 27.5 Å². The molecule has 0 amide bonds. The third kappa shape index (κ3) is 2.93. The lowest BCUT2D eigenvalue weighted by molar-refractivity contribution is 1.14. The summed E-state index contributed by atoms with van der Waals surface area (Å²) in [7, 11) is 0. The Kier molecular flexibility index (Phi) is 3.57. The Hall–Kier alpha value is -1.64. The summed E-state index contributed by atoms with van der Waals surface area (Å²) in [4.78, 5) is 8.00. The molecular weight excluding hydrogens is 304 g/mol. The largest absolute Gasteiger partial charge is 0.323 e. The van der Waals surface area contributed by atoms with Crippen LogP contribution in [-0.2, 0) is 0 Å². The van der Waals surface area contributed by atoms with Crippen LogP contribution in [0.1, 0.15) is 5.69 Å². The minimum atomic E-state index is 0.302. The molecule has 1 N–H and O–H groups in total. The first-order valence-electron chi connectivity index (χ1n) is 4.64. The maximum atomic E-state index is 8.72. The highest BCUT2D eigenvalue weighted by molar-refractivity contribution is 9.10. The Balaban J connectivity index is 2.28. The molecule has 6 heteroatoms. The van der Waals surface area contributed by atoms with Crippen LogP contribution in [0.5, 0.6) is 0 Å². The van der Waals surface area contributed by atoms with Crippen molar-refractivity contribution in [1.29, 1.82) is 5.26 Å². The Labute approximate surface area is 111 Å². The topological polar surface area (TPSA) is 61.6 Å². The van der Waals surface area contributed by atoms with Crippen LogP contribution in [0, 0.1) is 11.3 Å². The van der Waals surface area contributed by atoms with Crippen LogP contribution in [0.15, 0.2) is 34.9 Å². The van der Waals surface area contributed by atoms with Gasteiger partial charge >= 0.3 is 0 Å². The SMILES string of the molecule is N#Cc1ccnc(Nc2ccc(Br)cc2Cl)n1. The standard InChI is InChI=1S/C11H6BrClN4/c12-7-1-2-10(9(13)5-7)17-11-15-4-3-8(6-14)16-11/h1-5H,(H,15,16,17). The molecule has 2 rings (SSSR count). The summed E-state index contributed by atoms with van der Waals surface area (Å²) in [5, 5.41) is 12.2. The van der Waals surface area contributed by atoms with E-state index in [2.05, 4.69) is 31.2 Å². The molecule has 0 aliphatic rings. The van der Waals surface area contributed by atoms with Crippen LogP contribution in [0.4, 0.5) is 11.6 Å². The van der Waals surface area contributed by atoms with E-state index < -0.39 is 0 Å². The van der Waals surface area contributed by atoms with Crippen molar-refractivity contribution in [3.05, 3.63) is 45.7 Å². The van der Waals surface area contributed by atoms with Crippen molar-refractivity contribution >= 4 is 39.2 Å². The molecular formula is C11H6BrClN4. The van der Waals surface area contributed by atoms with Crippen molar-refractivity contribution in [2.24, 2.45) is 0 Å². The molecule has 1 heterocycles. The molecule has 2 aromatic rings. The lowest BCUT2D eigenvalue weighted by Crippen LogP contribution is -1.98. The van der Waals surface area contributed by atoms with E-state index in [1.54, 1.807) is 12.1 Å². The van der Waals surface area contributed by atoms with Gasteiger partial charge in [0.15, 0.2) is 0 Å². The van der Waals surface area contributed by atoms with Crippen molar-refractivity contribution in [3.8, 4) is 6.07 Å². The highest BCUT2D eigenvalue weighted by atomic mass is 79.9. The summed E-state index contributed by atoms with van der Waals surface area (Å²) in [5.74, 6) is 0.341. The van der Waals surface area contributed by atoms with Gasteiger partial charge in [0.25, 0.3) is 0 Å². The predicted molar refractivity (Wildman–Crippen MR) is 69.2 cm³/mol. The number of aromatic nitrogens is 2. The third-order valence-corrected chi connectivity index (χ3v) is 2.75. The van der Waals surface area contributed by atoms with Gasteiger partial charge < -0.3 is 5.32 Å². The van der Waals surface area contributed by atoms with E-state index >= 15 is 0 Å². The third-order valence-electron chi connectivity index (χ3n) is 1.95. The summed E-state index contributed by atoms with van der Waals surface area (Å²) >= 11 is 9.36. The molecule has 0 saturated carbocycles. The lowest BCUT2D eigenvalue weighted by Gasteiger charge is -2.06. The first kappa shape index (κ1) is 11.8. The molecule has 1 aromatic heterocycles. The normalized spacial score (nSPS) is 9.71. The first-order chi connectivity index (χ1) is 8.19. The van der Waals surface area contributed by atoms with Crippen LogP contribution in [-0.4, -0.2) is 9.97 Å². The second kappa shape index (κ2) is 5.13. The summed E-state index contributed by atoms with van der Waals surface area (Å²) in [6, 6.07) is 8.89. The number of anilines is 2. The van der Waals surface area contributed by atoms with Crippen molar-refractivity contribution in [2.45, 2.75) is 0 Å². The monoisotopic (exact) mass is 308 g/mol. The molecule has 0 unspecified atom stereocenters. The number of nitriles is 1. The van der Waals surface area contributed by atoms with E-state index in [0.29, 0.717) is 22.4 Å². The van der Waals surface area contributed by atoms with Gasteiger partial charge in [-0.15, -0.1) is 0 Å². The quantitative estimate of drug-likeness (QED) is 0.922. The van der Waals surface area contributed by atoms with Gasteiger partial charge in [-0.05, 0) is 24.3 Å². The first-order valence-corrected chi connectivity index (χ1v) is 5.81. The maximum absolute atomic E-state index is 8.72. The number of nitrogens with one attached hydrogen (secondary N) is 1. The zero-order chi connectivity index (χ0) is 12.3. The van der Waals surface area contributed by atoms with Crippen LogP contribution in [0.3, 0.4) is 0 Å². The number of halogens is 2. The number of rotatable bonds is 2. The van der Waals surface area contributed by atoms with Crippen LogP contribution in [0.2, 0.25) is 5.02 Å². The van der Waals surface area contributed by atoms with Gasteiger partial charge in [0.05, 0.1) is 10.7 Å². The molecule has 17 heavy (non-hydrogen) atoms. The van der Waals surface area contributed by atoms with Crippen LogP contribution in [0.25, 0.3) is 0 Å². The molecule has 0 saturated heterocycles. The molecule has 0 aliphatic carbocycles. The second-order valence-electron chi connectivity index (χ2n) is 3.13. The van der Waals surface area contributed by atoms with Crippen molar-refractivity contribution in [1.82, 2.24) is 9.97 Å². The van der Waals surface area contributed by atoms with E-state index in [1.165, 1.54) is 12.3 Å². The van der Waals surface area contributed by atoms with E-state index in [4.69, 9.17) is 16.9 Å². The zero-order valence-electron chi connectivity index (χ0n) is 8.48. The molecule has 0 fully saturated rings. The summed E-state index contributed by atoms with van der Waals surface area (Å²) in [5.41, 5.74) is 0.987. The van der Waals surface area contributed by atoms with Gasteiger partial charge in [0.2, 0.25) is 5.95 Å². The van der Waals surface area contributed by atoms with Crippen molar-refractivity contribution < 1.29 is 0 Å². The Morgan fingerprint density at radius 1 is 1.35 bits per heavy atom. The highest BCUT2D eigenvalue weighted by Crippen LogP contribution is 2.27. The zero-order valence-corrected chi connectivity index (χ0v) is 10.8. The smallest absolute Gasteiger partial charge is 0.228 e. The van der Waals surface area contributed by atoms with Crippen LogP contribution < -0.4 is 5.32 Å². The Morgan fingerprint density at radius 3 is 2.88 bits per heavy atom. The molecule has 0 atom stereocenters. The Bertz CT molecular complexity index is 594. The van der Waals surface area contributed by atoms with Crippen molar-refractivity contribution in [2.75, 3.05) is 5.32 Å². The van der Waals surface area contributed by atoms with Crippen LogP contribution >= 0.6 is 27.5 Å². The van der Waals surface area contributed by atoms with Gasteiger partial charge in [0.1, 0.15) is 11.8 Å². The van der Waals surface area contributed by atoms with E-state index in [9.17, 15) is 0 Å². The minimum Gasteiger partial charge on any atom is -0.323 e. The fraction of sp³-hybridized carbons (Fsp3) is 0. The molecule has 0 bridgehead atoms. The molecule has 0 radical (unpaired) electrons. The maximum Gasteiger partial charge on any atom is 0.228 e. The minimum absolute atomic E-state index is 0.302. The number of hydrogen-bond acceptors (Lipinski definition) is 4. The predicted octanol–water partition coefficient (Wildman–Crippen LogP) is 3.51. The fourth-order valence-electron chi connectivity index (χ4n) is 1.19. The molecule has 1 aromatic carbocycles. The van der Waals surface area contributed by atoms with E-state index in [0.717, 1.165) is 4.47 Å². The lowest BCUT2D eigenvalue weighted by atomic mass is 10.3. The molecule has 0 spiro atoms. The van der Waals surface area contributed by atoms with Gasteiger partial charge in [-0.3, -0.25) is 0 Å². The number of benzene rings is 1. The van der Waals surface area contributed by atoms with Crippen molar-refractivity contribution in [3.63, 3.8) is 0 Å². The molecule has 4 nitrogen and oxygen atoms in total. The highest BCUT2D eigenvalue weighted by Gasteiger charge is 2.03. The average Bonchev–Trinajstić information content (AvgIpc) is 2.33. The average molecular weight is 310 g/mol. The number of nitrogens with zero attached hydrogens (tertiary/aromatic N) is 3. The van der Waals surface area contributed by atoms with Gasteiger partial charge in [-0.2, -0.15) is 5.26 Å². The summed E-state index contributed by atoms with van der Waals surface area (Å²) in [6.07, 6.45) is 1.51.